The van der Waals surface area contributed by atoms with Gasteiger partial charge in [0.1, 0.15) is 0 Å². The second kappa shape index (κ2) is 6.84. The first kappa shape index (κ1) is 15.1. The largest absolute Gasteiger partial charge is 0.394 e. The van der Waals surface area contributed by atoms with E-state index in [1.165, 1.54) is 24.3 Å². The highest BCUT2D eigenvalue weighted by Crippen LogP contribution is 2.12. The molecule has 1 aromatic rings. The summed E-state index contributed by atoms with van der Waals surface area (Å²) >= 11 is 0. The Hall–Kier alpha value is -1.95. The molecule has 0 fully saturated rings. The summed E-state index contributed by atoms with van der Waals surface area (Å²) in [5, 5.41) is 22.4. The number of nitrogens with one attached hydrogen (secondary N) is 1. The van der Waals surface area contributed by atoms with Gasteiger partial charge in [-0.2, -0.15) is 0 Å². The maximum atomic E-state index is 11.9. The zero-order valence-electron chi connectivity index (χ0n) is 11.0. The molecule has 1 aromatic carbocycles. The van der Waals surface area contributed by atoms with Crippen LogP contribution in [0.4, 0.5) is 5.69 Å². The maximum absolute atomic E-state index is 11.9. The second-order valence-corrected chi connectivity index (χ2v) is 4.79. The van der Waals surface area contributed by atoms with Gasteiger partial charge >= 0.3 is 0 Å². The van der Waals surface area contributed by atoms with Gasteiger partial charge in [-0.15, -0.1) is 0 Å². The average molecular weight is 266 g/mol. The van der Waals surface area contributed by atoms with Crippen molar-refractivity contribution < 1.29 is 14.8 Å². The van der Waals surface area contributed by atoms with Crippen LogP contribution in [-0.2, 0) is 0 Å². The Kier molecular flexibility index (Phi) is 5.44. The number of nitrogens with zero attached hydrogens (tertiary/aromatic N) is 1. The van der Waals surface area contributed by atoms with E-state index < -0.39 is 4.92 Å². The molecule has 2 N–H and O–H groups in total. The lowest BCUT2D eigenvalue weighted by Crippen LogP contribution is -2.38. The molecule has 0 aliphatic rings. The number of rotatable bonds is 6. The highest BCUT2D eigenvalue weighted by Gasteiger charge is 2.15. The maximum Gasteiger partial charge on any atom is 0.269 e. The fourth-order valence-electron chi connectivity index (χ4n) is 1.75. The standard InChI is InChI=1S/C13H18N2O4/c1-9(2)7-11(8-16)14-13(17)10-3-5-12(6-4-10)15(18)19/h3-6,9,11,16H,7-8H2,1-2H3,(H,14,17). The molecular weight excluding hydrogens is 248 g/mol. The summed E-state index contributed by atoms with van der Waals surface area (Å²) in [6, 6.07) is 5.06. The quantitative estimate of drug-likeness (QED) is 0.605. The van der Waals surface area contributed by atoms with Crippen molar-refractivity contribution in [1.82, 2.24) is 5.32 Å². The Balaban J connectivity index is 2.69. The van der Waals surface area contributed by atoms with E-state index >= 15 is 0 Å². The average Bonchev–Trinajstić information content (AvgIpc) is 2.37. The minimum atomic E-state index is -0.517. The van der Waals surface area contributed by atoms with Gasteiger partial charge in [-0.1, -0.05) is 13.8 Å². The molecule has 0 aliphatic heterocycles. The lowest BCUT2D eigenvalue weighted by Gasteiger charge is -2.18. The van der Waals surface area contributed by atoms with Crippen molar-refractivity contribution in [3.8, 4) is 0 Å². The number of nitro groups is 1. The molecule has 0 saturated heterocycles. The topological polar surface area (TPSA) is 92.5 Å². The van der Waals surface area contributed by atoms with Crippen LogP contribution in [0.3, 0.4) is 0 Å². The predicted molar refractivity (Wildman–Crippen MR) is 70.9 cm³/mol. The van der Waals surface area contributed by atoms with Crippen molar-refractivity contribution >= 4 is 11.6 Å². The third-order valence-electron chi connectivity index (χ3n) is 2.65. The third kappa shape index (κ3) is 4.67. The molecule has 6 heteroatoms. The van der Waals surface area contributed by atoms with Crippen LogP contribution in [0.1, 0.15) is 30.6 Å². The van der Waals surface area contributed by atoms with Crippen LogP contribution in [0, 0.1) is 16.0 Å². The zero-order chi connectivity index (χ0) is 14.4. The van der Waals surface area contributed by atoms with Gasteiger partial charge in [0.2, 0.25) is 0 Å². The Morgan fingerprint density at radius 2 is 1.95 bits per heavy atom. The van der Waals surface area contributed by atoms with Crippen molar-refractivity contribution in [2.75, 3.05) is 6.61 Å². The molecule has 0 radical (unpaired) electrons. The Bertz CT molecular complexity index is 442. The predicted octanol–water partition coefficient (Wildman–Crippen LogP) is 1.73. The number of aliphatic hydroxyl groups is 1. The lowest BCUT2D eigenvalue weighted by molar-refractivity contribution is -0.384. The molecule has 1 atom stereocenters. The minimum absolute atomic E-state index is 0.0579. The van der Waals surface area contributed by atoms with Gasteiger partial charge in [-0.3, -0.25) is 14.9 Å². The Morgan fingerprint density at radius 3 is 2.37 bits per heavy atom. The van der Waals surface area contributed by atoms with Gasteiger partial charge in [-0.25, -0.2) is 0 Å². The van der Waals surface area contributed by atoms with Crippen LogP contribution >= 0.6 is 0 Å². The summed E-state index contributed by atoms with van der Waals surface area (Å²) < 4.78 is 0. The molecule has 6 nitrogen and oxygen atoms in total. The smallest absolute Gasteiger partial charge is 0.269 e. The summed E-state index contributed by atoms with van der Waals surface area (Å²) in [6.45, 7) is 3.87. The molecule has 1 rings (SSSR count). The van der Waals surface area contributed by atoms with E-state index in [4.69, 9.17) is 0 Å². The number of carbonyl (C=O) groups excluding carboxylic acids is 1. The first-order valence-electron chi connectivity index (χ1n) is 6.10. The summed E-state index contributed by atoms with van der Waals surface area (Å²) in [6.07, 6.45) is 0.676. The van der Waals surface area contributed by atoms with Crippen LogP contribution < -0.4 is 5.32 Å². The molecule has 0 spiro atoms. The van der Waals surface area contributed by atoms with Gasteiger partial charge in [0.25, 0.3) is 11.6 Å². The zero-order valence-corrected chi connectivity index (χ0v) is 11.0. The van der Waals surface area contributed by atoms with Gasteiger partial charge < -0.3 is 10.4 Å². The number of non-ortho nitro benzene ring substituents is 1. The summed E-state index contributed by atoms with van der Waals surface area (Å²) in [5.74, 6) is 0.0175. The number of hydrogen-bond donors (Lipinski definition) is 2. The number of amides is 1. The minimum Gasteiger partial charge on any atom is -0.394 e. The van der Waals surface area contributed by atoms with E-state index in [0.717, 1.165) is 0 Å². The normalized spacial score (nSPS) is 12.2. The fourth-order valence-corrected chi connectivity index (χ4v) is 1.75. The summed E-state index contributed by atoms with van der Waals surface area (Å²) in [5.41, 5.74) is 0.283. The monoisotopic (exact) mass is 266 g/mol. The first-order valence-corrected chi connectivity index (χ1v) is 6.10. The van der Waals surface area contributed by atoms with Crippen LogP contribution in [0.15, 0.2) is 24.3 Å². The van der Waals surface area contributed by atoms with Crippen LogP contribution in [0.25, 0.3) is 0 Å². The van der Waals surface area contributed by atoms with Crippen molar-refractivity contribution in [1.29, 1.82) is 0 Å². The first-order chi connectivity index (χ1) is 8.93. The number of nitro benzene ring substituents is 1. The van der Waals surface area contributed by atoms with Crippen molar-refractivity contribution in [3.63, 3.8) is 0 Å². The van der Waals surface area contributed by atoms with Crippen LogP contribution in [0.5, 0.6) is 0 Å². The molecule has 0 bridgehead atoms. The number of aliphatic hydroxyl groups excluding tert-OH is 1. The van der Waals surface area contributed by atoms with E-state index in [1.807, 2.05) is 13.8 Å². The van der Waals surface area contributed by atoms with E-state index in [9.17, 15) is 20.0 Å². The third-order valence-corrected chi connectivity index (χ3v) is 2.65. The second-order valence-electron chi connectivity index (χ2n) is 4.79. The Morgan fingerprint density at radius 1 is 1.37 bits per heavy atom. The molecule has 0 saturated carbocycles. The van der Waals surface area contributed by atoms with Crippen molar-refractivity contribution in [2.24, 2.45) is 5.92 Å². The van der Waals surface area contributed by atoms with E-state index in [2.05, 4.69) is 5.32 Å². The van der Waals surface area contributed by atoms with Gasteiger partial charge in [0.05, 0.1) is 17.6 Å². The molecule has 0 heterocycles. The number of hydrogen-bond acceptors (Lipinski definition) is 4. The molecule has 19 heavy (non-hydrogen) atoms. The molecule has 1 amide bonds. The van der Waals surface area contributed by atoms with Gasteiger partial charge in [0, 0.05) is 17.7 Å². The van der Waals surface area contributed by atoms with Gasteiger partial charge in [0.15, 0.2) is 0 Å². The molecule has 104 valence electrons. The fraction of sp³-hybridized carbons (Fsp3) is 0.462. The molecule has 1 unspecified atom stereocenters. The number of benzene rings is 1. The van der Waals surface area contributed by atoms with E-state index in [-0.39, 0.29) is 24.2 Å². The van der Waals surface area contributed by atoms with Crippen LogP contribution in [0.2, 0.25) is 0 Å². The SMILES string of the molecule is CC(C)CC(CO)NC(=O)c1ccc([N+](=O)[O-])cc1. The number of carbonyl (C=O) groups is 1. The Labute approximate surface area is 111 Å². The molecule has 0 aromatic heterocycles. The highest BCUT2D eigenvalue weighted by atomic mass is 16.6. The highest BCUT2D eigenvalue weighted by molar-refractivity contribution is 5.94. The summed E-state index contributed by atoms with van der Waals surface area (Å²) in [7, 11) is 0. The van der Waals surface area contributed by atoms with E-state index in [0.29, 0.717) is 17.9 Å². The summed E-state index contributed by atoms with van der Waals surface area (Å²) in [4.78, 5) is 21.9. The van der Waals surface area contributed by atoms with Crippen LogP contribution in [-0.4, -0.2) is 28.6 Å². The van der Waals surface area contributed by atoms with Gasteiger partial charge in [-0.05, 0) is 24.5 Å². The van der Waals surface area contributed by atoms with E-state index in [1.54, 1.807) is 0 Å². The lowest BCUT2D eigenvalue weighted by atomic mass is 10.0. The molecular formula is C13H18N2O4. The van der Waals surface area contributed by atoms with Crippen molar-refractivity contribution in [2.45, 2.75) is 26.3 Å². The van der Waals surface area contributed by atoms with Crippen molar-refractivity contribution in [3.05, 3.63) is 39.9 Å². The molecule has 0 aliphatic carbocycles.